The second-order valence-electron chi connectivity index (χ2n) is 6.62. The van der Waals surface area contributed by atoms with E-state index in [0.717, 1.165) is 17.7 Å². The molecule has 6 nitrogen and oxygen atoms in total. The summed E-state index contributed by atoms with van der Waals surface area (Å²) in [6.07, 6.45) is 2.05. The van der Waals surface area contributed by atoms with Crippen LogP contribution >= 0.6 is 11.3 Å². The number of nitro benzene ring substituents is 1. The van der Waals surface area contributed by atoms with Gasteiger partial charge in [-0.05, 0) is 42.3 Å². The molecule has 1 amide bonds. The molecule has 1 atom stereocenters. The first-order valence-corrected chi connectivity index (χ1v) is 9.23. The van der Waals surface area contributed by atoms with E-state index in [2.05, 4.69) is 10.6 Å². The zero-order chi connectivity index (χ0) is 18.0. The van der Waals surface area contributed by atoms with E-state index in [0.29, 0.717) is 17.3 Å². The van der Waals surface area contributed by atoms with Gasteiger partial charge in [-0.3, -0.25) is 14.9 Å². The summed E-state index contributed by atoms with van der Waals surface area (Å²) in [5.74, 6) is -0.0819. The van der Waals surface area contributed by atoms with Crippen molar-refractivity contribution in [1.29, 1.82) is 0 Å². The highest BCUT2D eigenvalue weighted by atomic mass is 32.1. The van der Waals surface area contributed by atoms with Crippen molar-refractivity contribution in [2.24, 2.45) is 5.92 Å². The quantitative estimate of drug-likeness (QED) is 0.568. The van der Waals surface area contributed by atoms with Gasteiger partial charge in [0.15, 0.2) is 0 Å². The lowest BCUT2D eigenvalue weighted by Gasteiger charge is -2.21. The Morgan fingerprint density at radius 3 is 2.64 bits per heavy atom. The number of rotatable bonds is 7. The molecule has 0 radical (unpaired) electrons. The fourth-order valence-electron chi connectivity index (χ4n) is 2.65. The van der Waals surface area contributed by atoms with Gasteiger partial charge in [0.25, 0.3) is 11.6 Å². The summed E-state index contributed by atoms with van der Waals surface area (Å²) in [6, 6.07) is 8.75. The normalized spacial score (nSPS) is 15.0. The van der Waals surface area contributed by atoms with Gasteiger partial charge in [0.2, 0.25) is 0 Å². The summed E-state index contributed by atoms with van der Waals surface area (Å²) in [6.45, 7) is 4.07. The van der Waals surface area contributed by atoms with E-state index in [4.69, 9.17) is 0 Å². The van der Waals surface area contributed by atoms with Gasteiger partial charge in [0.1, 0.15) is 5.69 Å². The molecule has 1 heterocycles. The average Bonchev–Trinajstić information content (AvgIpc) is 3.22. The predicted octanol–water partition coefficient (Wildman–Crippen LogP) is 4.36. The van der Waals surface area contributed by atoms with E-state index in [1.807, 2.05) is 31.4 Å². The fraction of sp³-hybridized carbons (Fsp3) is 0.389. The Bertz CT molecular complexity index is 770. The molecule has 1 aliphatic carbocycles. The third-order valence-electron chi connectivity index (χ3n) is 4.20. The van der Waals surface area contributed by atoms with Crippen LogP contribution in [0.25, 0.3) is 0 Å². The minimum Gasteiger partial charge on any atom is -0.377 e. The van der Waals surface area contributed by atoms with E-state index in [1.54, 1.807) is 23.5 Å². The molecule has 7 heteroatoms. The van der Waals surface area contributed by atoms with Crippen molar-refractivity contribution >= 4 is 28.6 Å². The maximum atomic E-state index is 12.6. The number of carbonyl (C=O) groups excluding carboxylic acids is 1. The van der Waals surface area contributed by atoms with Crippen LogP contribution in [0.15, 0.2) is 35.7 Å². The minimum absolute atomic E-state index is 0.0585. The molecule has 1 saturated carbocycles. The predicted molar refractivity (Wildman–Crippen MR) is 99.1 cm³/mol. The first-order chi connectivity index (χ1) is 12.0. The van der Waals surface area contributed by atoms with Gasteiger partial charge in [-0.1, -0.05) is 19.9 Å². The van der Waals surface area contributed by atoms with Gasteiger partial charge in [-0.15, -0.1) is 11.3 Å². The highest BCUT2D eigenvalue weighted by Crippen LogP contribution is 2.32. The van der Waals surface area contributed by atoms with Crippen LogP contribution < -0.4 is 10.6 Å². The third kappa shape index (κ3) is 4.17. The van der Waals surface area contributed by atoms with E-state index < -0.39 is 4.92 Å². The highest BCUT2D eigenvalue weighted by Gasteiger charge is 2.26. The lowest BCUT2D eigenvalue weighted by Crippen LogP contribution is -2.31. The highest BCUT2D eigenvalue weighted by molar-refractivity contribution is 7.10. The van der Waals surface area contributed by atoms with Crippen LogP contribution in [-0.2, 0) is 0 Å². The fourth-order valence-corrected chi connectivity index (χ4v) is 3.60. The van der Waals surface area contributed by atoms with E-state index >= 15 is 0 Å². The van der Waals surface area contributed by atoms with Gasteiger partial charge < -0.3 is 10.6 Å². The van der Waals surface area contributed by atoms with Gasteiger partial charge in [-0.2, -0.15) is 0 Å². The SMILES string of the molecule is CC(C)[C@@H](NC(=O)c1ccc(NC2CC2)c([N+](=O)[O-])c1)c1cccs1. The zero-order valence-electron chi connectivity index (χ0n) is 14.2. The number of nitrogens with one attached hydrogen (secondary N) is 2. The van der Waals surface area contributed by atoms with Crippen LogP contribution in [-0.4, -0.2) is 16.9 Å². The molecule has 0 saturated heterocycles. The lowest BCUT2D eigenvalue weighted by molar-refractivity contribution is -0.384. The molecule has 132 valence electrons. The van der Waals surface area contributed by atoms with Crippen LogP contribution in [0.1, 0.15) is 48.0 Å². The smallest absolute Gasteiger partial charge is 0.293 e. The molecular weight excluding hydrogens is 338 g/mol. The van der Waals surface area contributed by atoms with Crippen LogP contribution in [0, 0.1) is 16.0 Å². The summed E-state index contributed by atoms with van der Waals surface area (Å²) in [7, 11) is 0. The molecule has 0 unspecified atom stereocenters. The summed E-state index contributed by atoms with van der Waals surface area (Å²) < 4.78 is 0. The maximum absolute atomic E-state index is 12.6. The molecule has 2 aromatic rings. The second-order valence-corrected chi connectivity index (χ2v) is 7.60. The Morgan fingerprint density at radius 2 is 2.08 bits per heavy atom. The first-order valence-electron chi connectivity index (χ1n) is 8.35. The summed E-state index contributed by atoms with van der Waals surface area (Å²) in [5.41, 5.74) is 0.717. The Balaban J connectivity index is 1.81. The van der Waals surface area contributed by atoms with Crippen molar-refractivity contribution < 1.29 is 9.72 Å². The molecule has 0 bridgehead atoms. The molecule has 3 rings (SSSR count). The van der Waals surface area contributed by atoms with Gasteiger partial charge in [-0.25, -0.2) is 0 Å². The number of thiophene rings is 1. The minimum atomic E-state index is -0.444. The third-order valence-corrected chi connectivity index (χ3v) is 5.15. The van der Waals surface area contributed by atoms with Crippen LogP contribution in [0.5, 0.6) is 0 Å². The average molecular weight is 359 g/mol. The Hall–Kier alpha value is -2.41. The van der Waals surface area contributed by atoms with Crippen LogP contribution in [0.2, 0.25) is 0 Å². The molecular formula is C18H21N3O3S. The van der Waals surface area contributed by atoms with Crippen molar-refractivity contribution in [3.8, 4) is 0 Å². The van der Waals surface area contributed by atoms with Crippen molar-refractivity contribution in [2.75, 3.05) is 5.32 Å². The van der Waals surface area contributed by atoms with E-state index in [9.17, 15) is 14.9 Å². The molecule has 0 aliphatic heterocycles. The molecule has 1 aromatic carbocycles. The molecule has 1 aliphatic rings. The summed E-state index contributed by atoms with van der Waals surface area (Å²) in [4.78, 5) is 24.6. The lowest BCUT2D eigenvalue weighted by atomic mass is 10.0. The van der Waals surface area contributed by atoms with E-state index in [-0.39, 0.29) is 23.6 Å². The van der Waals surface area contributed by atoms with Crippen molar-refractivity contribution in [3.63, 3.8) is 0 Å². The molecule has 25 heavy (non-hydrogen) atoms. The Labute approximate surface area is 150 Å². The number of nitro groups is 1. The topological polar surface area (TPSA) is 84.3 Å². The first kappa shape index (κ1) is 17.4. The van der Waals surface area contributed by atoms with Crippen LogP contribution in [0.3, 0.4) is 0 Å². The van der Waals surface area contributed by atoms with Gasteiger partial charge in [0, 0.05) is 22.5 Å². The number of amides is 1. The number of benzene rings is 1. The summed E-state index contributed by atoms with van der Waals surface area (Å²) >= 11 is 1.59. The van der Waals surface area contributed by atoms with E-state index in [1.165, 1.54) is 6.07 Å². The van der Waals surface area contributed by atoms with Crippen molar-refractivity contribution in [1.82, 2.24) is 5.32 Å². The Morgan fingerprint density at radius 1 is 1.32 bits per heavy atom. The molecule has 1 aromatic heterocycles. The van der Waals surface area contributed by atoms with Gasteiger partial charge >= 0.3 is 0 Å². The van der Waals surface area contributed by atoms with Gasteiger partial charge in [0.05, 0.1) is 11.0 Å². The molecule has 1 fully saturated rings. The number of anilines is 1. The monoisotopic (exact) mass is 359 g/mol. The number of carbonyl (C=O) groups is 1. The number of hydrogen-bond acceptors (Lipinski definition) is 5. The van der Waals surface area contributed by atoms with Crippen molar-refractivity contribution in [2.45, 2.75) is 38.8 Å². The second kappa shape index (κ2) is 7.23. The molecule has 0 spiro atoms. The zero-order valence-corrected chi connectivity index (χ0v) is 15.0. The Kier molecular flexibility index (Phi) is 5.03. The maximum Gasteiger partial charge on any atom is 0.293 e. The number of nitrogens with zero attached hydrogens (tertiary/aromatic N) is 1. The molecule has 2 N–H and O–H groups in total. The summed E-state index contributed by atoms with van der Waals surface area (Å²) in [5, 5.41) is 19.5. The van der Waals surface area contributed by atoms with Crippen LogP contribution in [0.4, 0.5) is 11.4 Å². The largest absolute Gasteiger partial charge is 0.377 e. The standard InChI is InChI=1S/C18H21N3O3S/c1-11(2)17(16-4-3-9-25-16)20-18(22)12-5-8-14(19-13-6-7-13)15(10-12)21(23)24/h3-5,8-11,13,17,19H,6-7H2,1-2H3,(H,20,22)/t17-/m1/s1. The number of hydrogen-bond donors (Lipinski definition) is 2. The van der Waals surface area contributed by atoms with Crippen molar-refractivity contribution in [3.05, 3.63) is 56.3 Å².